The third kappa shape index (κ3) is 3.06. The van der Waals surface area contributed by atoms with Crippen LogP contribution in [0.4, 0.5) is 6.01 Å². The first-order chi connectivity index (χ1) is 10.7. The van der Waals surface area contributed by atoms with Crippen LogP contribution < -0.4 is 4.90 Å². The molecular weight excluding hydrogens is 298 g/mol. The van der Waals surface area contributed by atoms with Gasteiger partial charge in [0.05, 0.1) is 4.88 Å². The number of anilines is 1. The molecule has 0 radical (unpaired) electrons. The van der Waals surface area contributed by atoms with Crippen LogP contribution in [0, 0.1) is 12.8 Å². The minimum absolute atomic E-state index is 0.0209. The molecular formula is C16H21N3O2S. The highest BCUT2D eigenvalue weighted by molar-refractivity contribution is 7.12. The number of aromatic nitrogens is 2. The Morgan fingerprint density at radius 1 is 1.50 bits per heavy atom. The van der Waals surface area contributed by atoms with Crippen LogP contribution in [0.1, 0.15) is 47.3 Å². The quantitative estimate of drug-likeness (QED) is 0.790. The fourth-order valence-corrected chi connectivity index (χ4v) is 3.81. The van der Waals surface area contributed by atoms with Crippen molar-refractivity contribution in [2.75, 3.05) is 18.0 Å². The monoisotopic (exact) mass is 319 g/mol. The summed E-state index contributed by atoms with van der Waals surface area (Å²) in [5.74, 6) is 0.957. The first-order valence-electron chi connectivity index (χ1n) is 7.84. The van der Waals surface area contributed by atoms with Crippen LogP contribution in [-0.4, -0.2) is 29.1 Å². The zero-order chi connectivity index (χ0) is 15.5. The maximum absolute atomic E-state index is 12.7. The molecule has 1 saturated heterocycles. The third-order valence-corrected chi connectivity index (χ3v) is 5.10. The standard InChI is InChI=1S/C16H21N3O2S/c1-3-5-13-17-18-16(21-13)19-8-4-6-12(10-19)14(20)15-11(2)7-9-22-15/h7,9,12H,3-6,8,10H2,1-2H3/t12-/m1/s1. The molecule has 0 N–H and O–H groups in total. The molecule has 1 aliphatic rings. The van der Waals surface area contributed by atoms with E-state index in [1.807, 2.05) is 18.4 Å². The predicted molar refractivity (Wildman–Crippen MR) is 86.6 cm³/mol. The van der Waals surface area contributed by atoms with Gasteiger partial charge in [0, 0.05) is 25.4 Å². The average Bonchev–Trinajstić information content (AvgIpc) is 3.16. The van der Waals surface area contributed by atoms with Crippen LogP contribution in [-0.2, 0) is 6.42 Å². The summed E-state index contributed by atoms with van der Waals surface area (Å²) in [6.07, 6.45) is 3.70. The second-order valence-corrected chi connectivity index (χ2v) is 6.73. The van der Waals surface area contributed by atoms with Crippen molar-refractivity contribution in [1.82, 2.24) is 10.2 Å². The van der Waals surface area contributed by atoms with Crippen molar-refractivity contribution < 1.29 is 9.21 Å². The lowest BCUT2D eigenvalue weighted by Gasteiger charge is -2.30. The van der Waals surface area contributed by atoms with Gasteiger partial charge in [-0.25, -0.2) is 0 Å². The van der Waals surface area contributed by atoms with Gasteiger partial charge in [0.2, 0.25) is 5.89 Å². The summed E-state index contributed by atoms with van der Waals surface area (Å²) in [6.45, 7) is 5.63. The number of carbonyl (C=O) groups is 1. The lowest BCUT2D eigenvalue weighted by Crippen LogP contribution is -2.39. The zero-order valence-electron chi connectivity index (χ0n) is 13.0. The van der Waals surface area contributed by atoms with Gasteiger partial charge in [0.15, 0.2) is 5.78 Å². The summed E-state index contributed by atoms with van der Waals surface area (Å²) in [5, 5.41) is 10.2. The molecule has 5 nitrogen and oxygen atoms in total. The SMILES string of the molecule is CCCc1nnc(N2CCC[C@@H](C(=O)c3sccc3C)C2)o1. The minimum atomic E-state index is 0.0209. The third-order valence-electron chi connectivity index (χ3n) is 4.07. The van der Waals surface area contributed by atoms with Crippen LogP contribution in [0.25, 0.3) is 0 Å². The number of ketones is 1. The van der Waals surface area contributed by atoms with Crippen LogP contribution >= 0.6 is 11.3 Å². The molecule has 118 valence electrons. The normalized spacial score (nSPS) is 18.6. The second-order valence-electron chi connectivity index (χ2n) is 5.81. The molecule has 0 aliphatic carbocycles. The number of aryl methyl sites for hydroxylation is 2. The van der Waals surface area contributed by atoms with Gasteiger partial charge >= 0.3 is 6.01 Å². The summed E-state index contributed by atoms with van der Waals surface area (Å²) >= 11 is 1.54. The average molecular weight is 319 g/mol. The molecule has 0 bridgehead atoms. The Hall–Kier alpha value is -1.69. The van der Waals surface area contributed by atoms with Gasteiger partial charge in [-0.15, -0.1) is 16.4 Å². The van der Waals surface area contributed by atoms with Crippen LogP contribution in [0.3, 0.4) is 0 Å². The topological polar surface area (TPSA) is 59.2 Å². The van der Waals surface area contributed by atoms with Crippen LogP contribution in [0.2, 0.25) is 0 Å². The highest BCUT2D eigenvalue weighted by atomic mass is 32.1. The molecule has 0 unspecified atom stereocenters. The molecule has 6 heteroatoms. The largest absolute Gasteiger partial charge is 0.408 e. The highest BCUT2D eigenvalue weighted by Crippen LogP contribution is 2.27. The summed E-state index contributed by atoms with van der Waals surface area (Å²) in [4.78, 5) is 15.6. The van der Waals surface area contributed by atoms with Crippen molar-refractivity contribution in [2.45, 2.75) is 39.5 Å². The number of piperidine rings is 1. The van der Waals surface area contributed by atoms with E-state index in [1.54, 1.807) is 0 Å². The molecule has 0 spiro atoms. The van der Waals surface area contributed by atoms with Crippen molar-refractivity contribution in [3.05, 3.63) is 27.8 Å². The molecule has 0 saturated carbocycles. The zero-order valence-corrected chi connectivity index (χ0v) is 13.9. The van der Waals surface area contributed by atoms with E-state index in [-0.39, 0.29) is 11.7 Å². The fraction of sp³-hybridized carbons (Fsp3) is 0.562. The van der Waals surface area contributed by atoms with E-state index < -0.39 is 0 Å². The van der Waals surface area contributed by atoms with E-state index in [1.165, 1.54) is 11.3 Å². The van der Waals surface area contributed by atoms with Gasteiger partial charge in [0.1, 0.15) is 0 Å². The second kappa shape index (κ2) is 6.60. The molecule has 2 aromatic heterocycles. The number of Topliss-reactive ketones (excluding diaryl/α,β-unsaturated/α-hetero) is 1. The highest BCUT2D eigenvalue weighted by Gasteiger charge is 2.30. The van der Waals surface area contributed by atoms with E-state index in [2.05, 4.69) is 22.0 Å². The van der Waals surface area contributed by atoms with Crippen LogP contribution in [0.5, 0.6) is 0 Å². The van der Waals surface area contributed by atoms with E-state index in [0.29, 0.717) is 18.5 Å². The Bertz CT molecular complexity index is 649. The Kier molecular flexibility index (Phi) is 4.57. The smallest absolute Gasteiger partial charge is 0.318 e. The number of hydrogen-bond acceptors (Lipinski definition) is 6. The lowest BCUT2D eigenvalue weighted by atomic mass is 9.92. The lowest BCUT2D eigenvalue weighted by molar-refractivity contribution is 0.0910. The fourth-order valence-electron chi connectivity index (χ4n) is 2.86. The molecule has 0 aromatic carbocycles. The summed E-state index contributed by atoms with van der Waals surface area (Å²) < 4.78 is 5.70. The summed E-state index contributed by atoms with van der Waals surface area (Å²) in [5.41, 5.74) is 1.08. The number of rotatable bonds is 5. The number of hydrogen-bond donors (Lipinski definition) is 0. The van der Waals surface area contributed by atoms with Crippen molar-refractivity contribution in [1.29, 1.82) is 0 Å². The first-order valence-corrected chi connectivity index (χ1v) is 8.72. The number of nitrogens with zero attached hydrogens (tertiary/aromatic N) is 3. The van der Waals surface area contributed by atoms with Crippen LogP contribution in [0.15, 0.2) is 15.9 Å². The Balaban J connectivity index is 1.71. The Morgan fingerprint density at radius 3 is 3.09 bits per heavy atom. The molecule has 0 amide bonds. The summed E-state index contributed by atoms with van der Waals surface area (Å²) in [6, 6.07) is 2.57. The molecule has 1 aliphatic heterocycles. The first kappa shape index (κ1) is 15.2. The van der Waals surface area contributed by atoms with Gasteiger partial charge in [-0.3, -0.25) is 4.79 Å². The summed E-state index contributed by atoms with van der Waals surface area (Å²) in [7, 11) is 0. The Labute approximate surface area is 134 Å². The van der Waals surface area contributed by atoms with Crippen molar-refractivity contribution in [3.63, 3.8) is 0 Å². The van der Waals surface area contributed by atoms with Gasteiger partial charge in [-0.1, -0.05) is 12.0 Å². The van der Waals surface area contributed by atoms with Gasteiger partial charge in [-0.05, 0) is 43.2 Å². The minimum Gasteiger partial charge on any atom is -0.408 e. The number of carbonyl (C=O) groups excluding carboxylic acids is 1. The molecule has 3 heterocycles. The number of thiophene rings is 1. The van der Waals surface area contributed by atoms with Gasteiger partial charge < -0.3 is 9.32 Å². The van der Waals surface area contributed by atoms with Crippen molar-refractivity contribution >= 4 is 23.1 Å². The Morgan fingerprint density at radius 2 is 2.36 bits per heavy atom. The molecule has 2 aromatic rings. The van der Waals surface area contributed by atoms with E-state index in [0.717, 1.165) is 42.7 Å². The van der Waals surface area contributed by atoms with Gasteiger partial charge in [-0.2, -0.15) is 0 Å². The van der Waals surface area contributed by atoms with Gasteiger partial charge in [0.25, 0.3) is 0 Å². The maximum Gasteiger partial charge on any atom is 0.318 e. The van der Waals surface area contributed by atoms with E-state index in [4.69, 9.17) is 4.42 Å². The predicted octanol–water partition coefficient (Wildman–Crippen LogP) is 3.49. The van der Waals surface area contributed by atoms with E-state index >= 15 is 0 Å². The molecule has 1 fully saturated rings. The van der Waals surface area contributed by atoms with E-state index in [9.17, 15) is 4.79 Å². The molecule has 3 rings (SSSR count). The molecule has 22 heavy (non-hydrogen) atoms. The van der Waals surface area contributed by atoms with Crippen molar-refractivity contribution in [3.8, 4) is 0 Å². The molecule has 1 atom stereocenters. The van der Waals surface area contributed by atoms with Crippen molar-refractivity contribution in [2.24, 2.45) is 5.92 Å². The maximum atomic E-state index is 12.7.